The molecule has 2 fully saturated rings. The van der Waals surface area contributed by atoms with Gasteiger partial charge < -0.3 is 15.2 Å². The molecule has 5 heteroatoms. The minimum atomic E-state index is -0.740. The van der Waals surface area contributed by atoms with E-state index in [0.717, 1.165) is 25.8 Å². The number of rotatable bonds is 6. The van der Waals surface area contributed by atoms with Gasteiger partial charge >= 0.3 is 5.97 Å². The van der Waals surface area contributed by atoms with Crippen molar-refractivity contribution in [2.24, 2.45) is 0 Å². The molecule has 1 aliphatic carbocycles. The second kappa shape index (κ2) is 5.99. The Morgan fingerprint density at radius 3 is 2.83 bits per heavy atom. The Bertz CT molecular complexity index is 294. The van der Waals surface area contributed by atoms with Gasteiger partial charge in [0.15, 0.2) is 0 Å². The molecule has 0 radical (unpaired) electrons. The van der Waals surface area contributed by atoms with Gasteiger partial charge in [-0.2, -0.15) is 0 Å². The molecule has 0 aromatic carbocycles. The first-order valence-electron chi connectivity index (χ1n) is 6.94. The highest BCUT2D eigenvalue weighted by Gasteiger charge is 2.33. The average molecular weight is 256 g/mol. The summed E-state index contributed by atoms with van der Waals surface area (Å²) in [5.41, 5.74) is 0. The van der Waals surface area contributed by atoms with Gasteiger partial charge in [-0.25, -0.2) is 0 Å². The van der Waals surface area contributed by atoms with Gasteiger partial charge in [-0.1, -0.05) is 6.92 Å². The van der Waals surface area contributed by atoms with Gasteiger partial charge in [0.2, 0.25) is 0 Å². The Morgan fingerprint density at radius 1 is 1.56 bits per heavy atom. The van der Waals surface area contributed by atoms with Crippen LogP contribution in [0, 0.1) is 0 Å². The van der Waals surface area contributed by atoms with Gasteiger partial charge in [-0.15, -0.1) is 0 Å². The number of nitrogens with one attached hydrogen (secondary N) is 1. The summed E-state index contributed by atoms with van der Waals surface area (Å²) in [5, 5.41) is 12.5. The predicted molar refractivity (Wildman–Crippen MR) is 68.6 cm³/mol. The van der Waals surface area contributed by atoms with E-state index in [-0.39, 0.29) is 6.10 Å². The zero-order chi connectivity index (χ0) is 13.1. The molecule has 0 bridgehead atoms. The first-order chi connectivity index (χ1) is 8.60. The summed E-state index contributed by atoms with van der Waals surface area (Å²) in [6.07, 6.45) is 3.42. The standard InChI is InChI=1S/C13H24N2O3/c1-3-11-8-18-9(2)6-15(11)7-12(13(16)17)14-10-4-5-10/h9-12,14H,3-8H2,1-2H3,(H,16,17). The van der Waals surface area contributed by atoms with E-state index in [1.54, 1.807) is 0 Å². The molecule has 5 nitrogen and oxygen atoms in total. The maximum Gasteiger partial charge on any atom is 0.322 e. The van der Waals surface area contributed by atoms with Crippen molar-refractivity contribution in [3.63, 3.8) is 0 Å². The third-order valence-corrected chi connectivity index (χ3v) is 3.78. The third kappa shape index (κ3) is 3.67. The number of aliphatic carboxylic acids is 1. The number of carboxylic acids is 1. The number of carboxylic acid groups (broad SMARTS) is 1. The molecule has 104 valence electrons. The summed E-state index contributed by atoms with van der Waals surface area (Å²) < 4.78 is 5.64. The Morgan fingerprint density at radius 2 is 2.28 bits per heavy atom. The summed E-state index contributed by atoms with van der Waals surface area (Å²) >= 11 is 0. The zero-order valence-electron chi connectivity index (χ0n) is 11.3. The molecule has 18 heavy (non-hydrogen) atoms. The summed E-state index contributed by atoms with van der Waals surface area (Å²) in [7, 11) is 0. The third-order valence-electron chi connectivity index (χ3n) is 3.78. The fourth-order valence-corrected chi connectivity index (χ4v) is 2.48. The van der Waals surface area contributed by atoms with Crippen molar-refractivity contribution in [2.45, 2.75) is 57.3 Å². The van der Waals surface area contributed by atoms with Gasteiger partial charge in [-0.05, 0) is 26.2 Å². The SMILES string of the molecule is CCC1COC(C)CN1CC(NC1CC1)C(=O)O. The Kier molecular flexibility index (Phi) is 4.59. The van der Waals surface area contributed by atoms with Gasteiger partial charge in [0.25, 0.3) is 0 Å². The maximum absolute atomic E-state index is 11.3. The van der Waals surface area contributed by atoms with Crippen molar-refractivity contribution in [3.05, 3.63) is 0 Å². The smallest absolute Gasteiger partial charge is 0.322 e. The molecule has 2 N–H and O–H groups in total. The van der Waals surface area contributed by atoms with Gasteiger partial charge in [0, 0.05) is 25.2 Å². The highest BCUT2D eigenvalue weighted by Crippen LogP contribution is 2.21. The van der Waals surface area contributed by atoms with Crippen LogP contribution in [0.5, 0.6) is 0 Å². The second-order valence-corrected chi connectivity index (χ2v) is 5.49. The molecular formula is C13H24N2O3. The molecule has 1 saturated carbocycles. The Hall–Kier alpha value is -0.650. The molecule has 0 aromatic rings. The van der Waals surface area contributed by atoms with Gasteiger partial charge in [-0.3, -0.25) is 9.69 Å². The minimum absolute atomic E-state index is 0.197. The summed E-state index contributed by atoms with van der Waals surface area (Å²) in [5.74, 6) is -0.740. The van der Waals surface area contributed by atoms with Crippen LogP contribution in [-0.2, 0) is 9.53 Å². The number of morpholine rings is 1. The van der Waals surface area contributed by atoms with Crippen LogP contribution in [0.15, 0.2) is 0 Å². The molecule has 1 heterocycles. The van der Waals surface area contributed by atoms with E-state index in [2.05, 4.69) is 17.1 Å². The topological polar surface area (TPSA) is 61.8 Å². The molecule has 0 aromatic heterocycles. The molecule has 0 spiro atoms. The van der Waals surface area contributed by atoms with E-state index in [1.807, 2.05) is 6.92 Å². The largest absolute Gasteiger partial charge is 0.480 e. The number of ether oxygens (including phenoxy) is 1. The molecule has 2 rings (SSSR count). The maximum atomic E-state index is 11.3. The lowest BCUT2D eigenvalue weighted by atomic mass is 10.1. The quantitative estimate of drug-likeness (QED) is 0.732. The predicted octanol–water partition coefficient (Wildman–Crippen LogP) is 0.691. The Balaban J connectivity index is 1.91. The van der Waals surface area contributed by atoms with E-state index in [9.17, 15) is 9.90 Å². The highest BCUT2D eigenvalue weighted by molar-refractivity contribution is 5.73. The molecule has 0 amide bonds. The van der Waals surface area contributed by atoms with Gasteiger partial charge in [0.05, 0.1) is 12.7 Å². The van der Waals surface area contributed by atoms with E-state index in [4.69, 9.17) is 4.74 Å². The summed E-state index contributed by atoms with van der Waals surface area (Å²) in [4.78, 5) is 13.6. The van der Waals surface area contributed by atoms with E-state index >= 15 is 0 Å². The minimum Gasteiger partial charge on any atom is -0.480 e. The van der Waals surface area contributed by atoms with E-state index in [0.29, 0.717) is 25.2 Å². The van der Waals surface area contributed by atoms with Crippen LogP contribution in [0.2, 0.25) is 0 Å². The number of carbonyl (C=O) groups is 1. The molecule has 1 saturated heterocycles. The monoisotopic (exact) mass is 256 g/mol. The van der Waals surface area contributed by atoms with Crippen LogP contribution < -0.4 is 5.32 Å². The van der Waals surface area contributed by atoms with Crippen LogP contribution >= 0.6 is 0 Å². The van der Waals surface area contributed by atoms with Crippen molar-refractivity contribution < 1.29 is 14.6 Å². The molecule has 3 atom stereocenters. The van der Waals surface area contributed by atoms with E-state index < -0.39 is 12.0 Å². The fraction of sp³-hybridized carbons (Fsp3) is 0.923. The molecular weight excluding hydrogens is 232 g/mol. The lowest BCUT2D eigenvalue weighted by Gasteiger charge is -2.39. The van der Waals surface area contributed by atoms with Crippen molar-refractivity contribution in [1.82, 2.24) is 10.2 Å². The summed E-state index contributed by atoms with van der Waals surface area (Å²) in [6.45, 7) is 6.30. The first-order valence-corrected chi connectivity index (χ1v) is 6.94. The fourth-order valence-electron chi connectivity index (χ4n) is 2.48. The van der Waals surface area contributed by atoms with Crippen LogP contribution in [0.4, 0.5) is 0 Å². The number of nitrogens with zero attached hydrogens (tertiary/aromatic N) is 1. The lowest BCUT2D eigenvalue weighted by molar-refractivity contribution is -0.141. The normalized spacial score (nSPS) is 31.2. The second-order valence-electron chi connectivity index (χ2n) is 5.49. The Labute approximate surface area is 108 Å². The van der Waals surface area contributed by atoms with Crippen LogP contribution in [0.3, 0.4) is 0 Å². The van der Waals surface area contributed by atoms with E-state index in [1.165, 1.54) is 0 Å². The summed E-state index contributed by atoms with van der Waals surface area (Å²) in [6, 6.07) is 0.325. The van der Waals surface area contributed by atoms with Crippen molar-refractivity contribution >= 4 is 5.97 Å². The number of hydrogen-bond acceptors (Lipinski definition) is 4. The van der Waals surface area contributed by atoms with Gasteiger partial charge in [0.1, 0.15) is 6.04 Å². The average Bonchev–Trinajstić information content (AvgIpc) is 3.12. The molecule has 2 aliphatic rings. The van der Waals surface area contributed by atoms with Crippen LogP contribution in [0.1, 0.15) is 33.1 Å². The van der Waals surface area contributed by atoms with Crippen molar-refractivity contribution in [2.75, 3.05) is 19.7 Å². The molecule has 1 aliphatic heterocycles. The highest BCUT2D eigenvalue weighted by atomic mass is 16.5. The molecule has 3 unspecified atom stereocenters. The zero-order valence-corrected chi connectivity index (χ0v) is 11.3. The first kappa shape index (κ1) is 13.8. The van der Waals surface area contributed by atoms with Crippen molar-refractivity contribution in [1.29, 1.82) is 0 Å². The van der Waals surface area contributed by atoms with Crippen molar-refractivity contribution in [3.8, 4) is 0 Å². The number of hydrogen-bond donors (Lipinski definition) is 2. The van der Waals surface area contributed by atoms with Crippen LogP contribution in [-0.4, -0.2) is 59.9 Å². The van der Waals surface area contributed by atoms with Crippen LogP contribution in [0.25, 0.3) is 0 Å². The lowest BCUT2D eigenvalue weighted by Crippen LogP contribution is -2.55.